The lowest BCUT2D eigenvalue weighted by molar-refractivity contribution is 0.101. The Bertz CT molecular complexity index is 363. The number of ether oxygens (including phenoxy) is 1. The van der Waals surface area contributed by atoms with Gasteiger partial charge in [0.15, 0.2) is 0 Å². The molecule has 0 aromatic heterocycles. The molecule has 0 saturated carbocycles. The molecule has 0 spiro atoms. The van der Waals surface area contributed by atoms with E-state index in [9.17, 15) is 0 Å². The van der Waals surface area contributed by atoms with Crippen molar-refractivity contribution in [3.8, 4) is 0 Å². The molecular weight excluding hydrogens is 242 g/mol. The normalized spacial score (nSPS) is 21.8. The highest BCUT2D eigenvalue weighted by molar-refractivity contribution is 8.00. The first-order valence-corrected chi connectivity index (χ1v) is 7.75. The van der Waals surface area contributed by atoms with Gasteiger partial charge in [-0.1, -0.05) is 19.1 Å². The van der Waals surface area contributed by atoms with E-state index in [1.807, 2.05) is 11.8 Å². The van der Waals surface area contributed by atoms with Gasteiger partial charge in [0.1, 0.15) is 0 Å². The number of hydrogen-bond acceptors (Lipinski definition) is 3. The lowest BCUT2D eigenvalue weighted by atomic mass is 10.1. The minimum atomic E-state index is 0.429. The number of rotatable bonds is 5. The van der Waals surface area contributed by atoms with Crippen LogP contribution in [0.1, 0.15) is 38.3 Å². The number of benzene rings is 1. The van der Waals surface area contributed by atoms with Gasteiger partial charge in [0.25, 0.3) is 0 Å². The molecule has 1 aliphatic heterocycles. The van der Waals surface area contributed by atoms with E-state index in [1.165, 1.54) is 23.3 Å². The second-order valence-corrected chi connectivity index (χ2v) is 6.18. The third-order valence-electron chi connectivity index (χ3n) is 3.29. The quantitative estimate of drug-likeness (QED) is 0.878. The first-order valence-electron chi connectivity index (χ1n) is 6.87. The summed E-state index contributed by atoms with van der Waals surface area (Å²) in [5, 5.41) is 4.09. The van der Waals surface area contributed by atoms with Gasteiger partial charge in [-0.05, 0) is 44.0 Å². The van der Waals surface area contributed by atoms with Crippen LogP contribution in [0.5, 0.6) is 0 Å². The second-order valence-electron chi connectivity index (χ2n) is 4.81. The van der Waals surface area contributed by atoms with E-state index in [0.717, 1.165) is 19.8 Å². The molecule has 1 aliphatic rings. The maximum atomic E-state index is 5.54. The molecule has 0 bridgehead atoms. The predicted octanol–water partition coefficient (Wildman–Crippen LogP) is 3.63. The number of hydrogen-bond donors (Lipinski definition) is 1. The smallest absolute Gasteiger partial charge is 0.0588 e. The van der Waals surface area contributed by atoms with Crippen LogP contribution in [-0.2, 0) is 4.74 Å². The highest BCUT2D eigenvalue weighted by atomic mass is 32.2. The summed E-state index contributed by atoms with van der Waals surface area (Å²) in [5.74, 6) is 0. The SMILES string of the molecule is CCNC(C)c1cccc(SC2CCCOC2)c1. The fourth-order valence-corrected chi connectivity index (χ4v) is 3.47. The van der Waals surface area contributed by atoms with Gasteiger partial charge in [-0.15, -0.1) is 11.8 Å². The molecule has 2 nitrogen and oxygen atoms in total. The summed E-state index contributed by atoms with van der Waals surface area (Å²) in [4.78, 5) is 1.37. The lowest BCUT2D eigenvalue weighted by Gasteiger charge is -2.22. The molecule has 18 heavy (non-hydrogen) atoms. The summed E-state index contributed by atoms with van der Waals surface area (Å²) in [6, 6.07) is 9.32. The third-order valence-corrected chi connectivity index (χ3v) is 4.52. The van der Waals surface area contributed by atoms with E-state index in [4.69, 9.17) is 4.74 Å². The fourth-order valence-electron chi connectivity index (χ4n) is 2.28. The van der Waals surface area contributed by atoms with Crippen LogP contribution in [-0.4, -0.2) is 25.0 Å². The van der Waals surface area contributed by atoms with E-state index >= 15 is 0 Å². The molecule has 1 N–H and O–H groups in total. The van der Waals surface area contributed by atoms with Gasteiger partial charge in [0.2, 0.25) is 0 Å². The molecule has 3 heteroatoms. The van der Waals surface area contributed by atoms with Crippen LogP contribution in [0.15, 0.2) is 29.2 Å². The van der Waals surface area contributed by atoms with Gasteiger partial charge in [0, 0.05) is 22.8 Å². The Morgan fingerprint density at radius 3 is 3.11 bits per heavy atom. The molecule has 2 rings (SSSR count). The Hall–Kier alpha value is -0.510. The van der Waals surface area contributed by atoms with Gasteiger partial charge >= 0.3 is 0 Å². The van der Waals surface area contributed by atoms with Gasteiger partial charge < -0.3 is 10.1 Å². The zero-order chi connectivity index (χ0) is 12.8. The molecule has 1 fully saturated rings. The predicted molar refractivity (Wildman–Crippen MR) is 78.2 cm³/mol. The molecule has 2 unspecified atom stereocenters. The Kier molecular flexibility index (Phi) is 5.54. The van der Waals surface area contributed by atoms with Gasteiger partial charge in [-0.25, -0.2) is 0 Å². The van der Waals surface area contributed by atoms with E-state index in [-0.39, 0.29) is 0 Å². The number of thioether (sulfide) groups is 1. The van der Waals surface area contributed by atoms with E-state index in [0.29, 0.717) is 11.3 Å². The summed E-state index contributed by atoms with van der Waals surface area (Å²) >= 11 is 1.96. The van der Waals surface area contributed by atoms with Crippen LogP contribution in [0.25, 0.3) is 0 Å². The Labute approximate surface area is 114 Å². The Morgan fingerprint density at radius 2 is 2.39 bits per heavy atom. The highest BCUT2D eigenvalue weighted by Crippen LogP contribution is 2.30. The maximum Gasteiger partial charge on any atom is 0.0588 e. The second kappa shape index (κ2) is 7.17. The van der Waals surface area contributed by atoms with Crippen molar-refractivity contribution in [1.29, 1.82) is 0 Å². The standard InChI is InChI=1S/C15H23NOS/c1-3-16-12(2)13-6-4-7-14(10-13)18-15-8-5-9-17-11-15/h4,6-7,10,12,15-16H,3,5,8-9,11H2,1-2H3. The highest BCUT2D eigenvalue weighted by Gasteiger charge is 2.15. The molecule has 100 valence electrons. The summed E-state index contributed by atoms with van der Waals surface area (Å²) in [6.07, 6.45) is 2.48. The van der Waals surface area contributed by atoms with Crippen LogP contribution in [0, 0.1) is 0 Å². The van der Waals surface area contributed by atoms with E-state index < -0.39 is 0 Å². The fraction of sp³-hybridized carbons (Fsp3) is 0.600. The van der Waals surface area contributed by atoms with Crippen LogP contribution >= 0.6 is 11.8 Å². The van der Waals surface area contributed by atoms with Crippen molar-refractivity contribution in [2.24, 2.45) is 0 Å². The Morgan fingerprint density at radius 1 is 1.50 bits per heavy atom. The van der Waals surface area contributed by atoms with Crippen molar-refractivity contribution in [1.82, 2.24) is 5.32 Å². The molecule has 0 aliphatic carbocycles. The zero-order valence-corrected chi connectivity index (χ0v) is 12.1. The molecule has 2 atom stereocenters. The first-order chi connectivity index (χ1) is 8.79. The van der Waals surface area contributed by atoms with Crippen LogP contribution < -0.4 is 5.32 Å². The van der Waals surface area contributed by atoms with Gasteiger partial charge in [0.05, 0.1) is 6.61 Å². The molecule has 1 saturated heterocycles. The number of nitrogens with one attached hydrogen (secondary N) is 1. The largest absolute Gasteiger partial charge is 0.380 e. The van der Waals surface area contributed by atoms with E-state index in [1.54, 1.807) is 0 Å². The summed E-state index contributed by atoms with van der Waals surface area (Å²) in [6.45, 7) is 7.21. The van der Waals surface area contributed by atoms with Crippen molar-refractivity contribution in [3.05, 3.63) is 29.8 Å². The maximum absolute atomic E-state index is 5.54. The lowest BCUT2D eigenvalue weighted by Crippen LogP contribution is -2.19. The van der Waals surface area contributed by atoms with Crippen molar-refractivity contribution < 1.29 is 4.74 Å². The van der Waals surface area contributed by atoms with Crippen LogP contribution in [0.2, 0.25) is 0 Å². The molecular formula is C15H23NOS. The van der Waals surface area contributed by atoms with E-state index in [2.05, 4.69) is 43.4 Å². The average molecular weight is 265 g/mol. The molecule has 1 aromatic carbocycles. The van der Waals surface area contributed by atoms with Crippen molar-refractivity contribution in [2.45, 2.75) is 42.9 Å². The molecule has 0 radical (unpaired) electrons. The van der Waals surface area contributed by atoms with Gasteiger partial charge in [-0.2, -0.15) is 0 Å². The van der Waals surface area contributed by atoms with Crippen molar-refractivity contribution >= 4 is 11.8 Å². The summed E-state index contributed by atoms with van der Waals surface area (Å²) in [5.41, 5.74) is 1.37. The summed E-state index contributed by atoms with van der Waals surface area (Å²) in [7, 11) is 0. The van der Waals surface area contributed by atoms with Gasteiger partial charge in [-0.3, -0.25) is 0 Å². The van der Waals surface area contributed by atoms with Crippen LogP contribution in [0.3, 0.4) is 0 Å². The topological polar surface area (TPSA) is 21.3 Å². The van der Waals surface area contributed by atoms with Crippen molar-refractivity contribution in [3.63, 3.8) is 0 Å². The monoisotopic (exact) mass is 265 g/mol. The minimum Gasteiger partial charge on any atom is -0.380 e. The van der Waals surface area contributed by atoms with Crippen LogP contribution in [0.4, 0.5) is 0 Å². The zero-order valence-electron chi connectivity index (χ0n) is 11.3. The Balaban J connectivity index is 1.97. The third kappa shape index (κ3) is 4.01. The molecule has 1 aromatic rings. The minimum absolute atomic E-state index is 0.429. The average Bonchev–Trinajstić information content (AvgIpc) is 2.40. The summed E-state index contributed by atoms with van der Waals surface area (Å²) < 4.78 is 5.54. The molecule has 0 amide bonds. The molecule has 1 heterocycles. The first kappa shape index (κ1) is 13.9. The van der Waals surface area contributed by atoms with Crippen molar-refractivity contribution in [2.75, 3.05) is 19.8 Å².